The van der Waals surface area contributed by atoms with Crippen LogP contribution in [0.2, 0.25) is 0 Å². The number of hydrogen-bond donors (Lipinski definition) is 0. The summed E-state index contributed by atoms with van der Waals surface area (Å²) < 4.78 is 4.72. The first-order chi connectivity index (χ1) is 45.1. The van der Waals surface area contributed by atoms with Crippen molar-refractivity contribution in [2.75, 3.05) is 0 Å². The highest BCUT2D eigenvalue weighted by Gasteiger charge is 2.33. The monoisotopic (exact) mass is 1190 g/mol. The molecule has 14 rings (SSSR count). The fraction of sp³-hybridized carbons (Fsp3) is 0.118. The average molecular weight is 1190 g/mol. The highest BCUT2D eigenvalue weighted by atomic mass is 15.0. The van der Waals surface area contributed by atoms with Gasteiger partial charge in [0, 0.05) is 78.1 Å². The van der Waals surface area contributed by atoms with Crippen LogP contribution < -0.4 is 0 Å². The maximum absolute atomic E-state index is 5.33. The van der Waals surface area contributed by atoms with Gasteiger partial charge < -0.3 is 9.13 Å². The average Bonchev–Trinajstić information content (AvgIpc) is 1.56. The van der Waals surface area contributed by atoms with Crippen LogP contribution in [-0.2, 0) is 0 Å². The predicted octanol–water partition coefficient (Wildman–Crippen LogP) is 21.5. The molecule has 7 nitrogen and oxygen atoms in total. The number of hydrogen-bond acceptors (Lipinski definition) is 4. The van der Waals surface area contributed by atoms with E-state index >= 15 is 0 Å². The molecule has 7 heteroatoms. The van der Waals surface area contributed by atoms with Gasteiger partial charge in [-0.05, 0) is 146 Å². The minimum atomic E-state index is -0.295. The Labute approximate surface area is 539 Å². The summed E-state index contributed by atoms with van der Waals surface area (Å²) in [5.74, 6) is 2.64. The Morgan fingerprint density at radius 2 is 1.28 bits per heavy atom. The van der Waals surface area contributed by atoms with Crippen molar-refractivity contribution in [3.05, 3.63) is 336 Å². The molecule has 3 aliphatic carbocycles. The number of nitrogens with zero attached hydrogens (tertiary/aromatic N) is 7. The molecule has 3 aromatic heterocycles. The molecule has 0 aliphatic heterocycles. The Hall–Kier alpha value is -11.2. The summed E-state index contributed by atoms with van der Waals surface area (Å²) in [6, 6.07) is 74.0. The first-order valence-electron chi connectivity index (χ1n) is 31.9. The lowest BCUT2D eigenvalue weighted by molar-refractivity contribution is 0.515. The predicted molar refractivity (Wildman–Crippen MR) is 387 cm³/mol. The third-order valence-electron chi connectivity index (χ3n) is 18.4. The molecule has 0 saturated carbocycles. The van der Waals surface area contributed by atoms with Crippen LogP contribution in [0.25, 0.3) is 95.6 Å². The maximum atomic E-state index is 5.33. The summed E-state index contributed by atoms with van der Waals surface area (Å²) in [6.07, 6.45) is 28.7. The Kier molecular flexibility index (Phi) is 16.1. The van der Waals surface area contributed by atoms with Crippen LogP contribution >= 0.6 is 0 Å². The van der Waals surface area contributed by atoms with Crippen LogP contribution in [-0.4, -0.2) is 35.6 Å². The van der Waals surface area contributed by atoms with Gasteiger partial charge in [0.25, 0.3) is 0 Å². The van der Waals surface area contributed by atoms with Crippen molar-refractivity contribution in [3.8, 4) is 45.5 Å². The SMILES string of the molecule is C=CC1(C)CC=C(c2ccc3c(c2)c2c(C(=C)/N=C(\N=C(/C)C4=CC=CCC4)c4ccccc4)cccc2n3-c2ccccc2)C=C1C1=C(C)C=CC(C(/C=C\c2cc3c(-c4nc(-c5ccccc5)nc(-c5ccccc5)n4)cccc3n2-c2ccccc2)=C/C)C1. The van der Waals surface area contributed by atoms with Crippen LogP contribution in [0.1, 0.15) is 75.8 Å². The molecule has 0 bridgehead atoms. The van der Waals surface area contributed by atoms with Crippen LogP contribution in [0.4, 0.5) is 0 Å². The number of aliphatic imine (C=N–C) groups is 2. The van der Waals surface area contributed by atoms with Crippen LogP contribution in [0.3, 0.4) is 0 Å². The van der Waals surface area contributed by atoms with Crippen molar-refractivity contribution in [3.63, 3.8) is 0 Å². The zero-order chi connectivity index (χ0) is 62.7. The van der Waals surface area contributed by atoms with Crippen molar-refractivity contribution in [1.82, 2.24) is 24.1 Å². The van der Waals surface area contributed by atoms with E-state index in [2.05, 4.69) is 268 Å². The lowest BCUT2D eigenvalue weighted by atomic mass is 9.68. The smallest absolute Gasteiger partial charge is 0.164 e. The molecule has 92 heavy (non-hydrogen) atoms. The molecule has 0 spiro atoms. The second-order valence-electron chi connectivity index (χ2n) is 24.2. The molecule has 0 radical (unpaired) electrons. The summed E-state index contributed by atoms with van der Waals surface area (Å²) in [7, 11) is 0. The van der Waals surface area contributed by atoms with E-state index in [9.17, 15) is 0 Å². The van der Waals surface area contributed by atoms with E-state index in [1.807, 2.05) is 54.6 Å². The molecular weight excluding hydrogens is 1120 g/mol. The molecule has 0 saturated heterocycles. The fourth-order valence-electron chi connectivity index (χ4n) is 13.4. The number of fused-ring (bicyclic) bond motifs is 4. The van der Waals surface area contributed by atoms with Crippen molar-refractivity contribution in [2.45, 2.75) is 53.4 Å². The van der Waals surface area contributed by atoms with E-state index < -0.39 is 0 Å². The molecule has 3 heterocycles. The highest BCUT2D eigenvalue weighted by molar-refractivity contribution is 6.17. The van der Waals surface area contributed by atoms with Crippen molar-refractivity contribution in [2.24, 2.45) is 21.3 Å². The quantitative estimate of drug-likeness (QED) is 0.0444. The zero-order valence-electron chi connectivity index (χ0n) is 52.5. The Morgan fingerprint density at radius 1 is 0.652 bits per heavy atom. The van der Waals surface area contributed by atoms with Crippen molar-refractivity contribution >= 4 is 61.6 Å². The number of para-hydroxylation sites is 2. The van der Waals surface area contributed by atoms with Gasteiger partial charge in [-0.15, -0.1) is 6.58 Å². The molecule has 0 N–H and O–H groups in total. The van der Waals surface area contributed by atoms with Crippen LogP contribution in [0.15, 0.2) is 324 Å². The second kappa shape index (κ2) is 25.4. The van der Waals surface area contributed by atoms with Crippen molar-refractivity contribution < 1.29 is 0 Å². The molecule has 0 fully saturated rings. The number of benzene rings is 8. The van der Waals surface area contributed by atoms with Gasteiger partial charge in [-0.25, -0.2) is 24.9 Å². The third kappa shape index (κ3) is 11.4. The minimum Gasteiger partial charge on any atom is -0.310 e. The molecule has 0 amide bonds. The maximum Gasteiger partial charge on any atom is 0.164 e. The lowest BCUT2D eigenvalue weighted by Crippen LogP contribution is -2.22. The molecule has 2 unspecified atom stereocenters. The summed E-state index contributed by atoms with van der Waals surface area (Å²) >= 11 is 0. The van der Waals surface area contributed by atoms with Gasteiger partial charge in [0.2, 0.25) is 0 Å². The first kappa shape index (κ1) is 58.5. The molecule has 11 aromatic rings. The molecule has 3 aliphatic rings. The largest absolute Gasteiger partial charge is 0.310 e. The van der Waals surface area contributed by atoms with Gasteiger partial charge in [0.1, 0.15) is 0 Å². The molecule has 2 atom stereocenters. The Bertz CT molecular complexity index is 4960. The zero-order valence-corrected chi connectivity index (χ0v) is 52.5. The van der Waals surface area contributed by atoms with E-state index in [0.717, 1.165) is 115 Å². The number of aromatic nitrogens is 5. The fourth-order valence-corrected chi connectivity index (χ4v) is 13.4. The topological polar surface area (TPSA) is 73.2 Å². The Morgan fingerprint density at radius 3 is 1.95 bits per heavy atom. The van der Waals surface area contributed by atoms with Crippen LogP contribution in [0.5, 0.6) is 0 Å². The molecule has 446 valence electrons. The molecule has 8 aromatic carbocycles. The number of amidine groups is 1. The Balaban J connectivity index is 0.818. The normalized spacial score (nSPS) is 17.2. The summed E-state index contributed by atoms with van der Waals surface area (Å²) in [5.41, 5.74) is 21.2. The van der Waals surface area contributed by atoms with Gasteiger partial charge in [-0.3, -0.25) is 0 Å². The van der Waals surface area contributed by atoms with Gasteiger partial charge >= 0.3 is 0 Å². The van der Waals surface area contributed by atoms with Crippen molar-refractivity contribution in [1.29, 1.82) is 0 Å². The number of rotatable bonds is 15. The molecular formula is C85H71N7. The van der Waals surface area contributed by atoms with E-state index in [-0.39, 0.29) is 11.3 Å². The van der Waals surface area contributed by atoms with Gasteiger partial charge in [0.15, 0.2) is 23.3 Å². The summed E-state index contributed by atoms with van der Waals surface area (Å²) in [6.45, 7) is 18.1. The minimum absolute atomic E-state index is 0.121. The van der Waals surface area contributed by atoms with E-state index in [1.54, 1.807) is 0 Å². The van der Waals surface area contributed by atoms with Crippen LogP contribution in [0, 0.1) is 11.3 Å². The first-order valence-corrected chi connectivity index (χ1v) is 31.9. The summed E-state index contributed by atoms with van der Waals surface area (Å²) in [5, 5.41) is 3.28. The standard InChI is InChI=1S/C85H71N7/c1-7-60(47-49-70-56-74-72(42-28-43-77(74)91(70)68-37-23-13-24-38-68)84-89-82(63-33-19-11-20-34-63)88-83(90-84)64-35-21-12-22-36-64)65-46-45-57(3)73(53-65)76-55-67(51-52-85(76,6)8-2)66-48-50-78-75(54-66)80-71(41-27-44-79(80)92(78)69-39-25-14-26-40-69)59(5)87-81(62-31-17-10-18-32-62)86-58(4)61-29-15-9-16-30-61/h7-15,17-29,31-51,54-56,65H,2,5,16,30,52-53H2,1,3-4,6H3/b49-47-,60-7+,86-58+,87-81-. The van der Waals surface area contributed by atoms with E-state index in [1.165, 1.54) is 33.4 Å². The van der Waals surface area contributed by atoms with E-state index in [0.29, 0.717) is 29.0 Å². The second-order valence-corrected chi connectivity index (χ2v) is 24.2. The number of allylic oxidation sites excluding steroid dienone is 16. The lowest BCUT2D eigenvalue weighted by Gasteiger charge is -2.36. The third-order valence-corrected chi connectivity index (χ3v) is 18.4. The highest BCUT2D eigenvalue weighted by Crippen LogP contribution is 2.49. The van der Waals surface area contributed by atoms with E-state index in [4.69, 9.17) is 31.5 Å². The van der Waals surface area contributed by atoms with Gasteiger partial charge in [-0.2, -0.15) is 0 Å². The summed E-state index contributed by atoms with van der Waals surface area (Å²) in [4.78, 5) is 25.9. The van der Waals surface area contributed by atoms with Gasteiger partial charge in [-0.1, -0.05) is 232 Å². The van der Waals surface area contributed by atoms with Gasteiger partial charge in [0.05, 0.1) is 22.2 Å².